The fourth-order valence-electron chi connectivity index (χ4n) is 3.25. The summed E-state index contributed by atoms with van der Waals surface area (Å²) in [4.78, 5) is 25.7. The first kappa shape index (κ1) is 17.6. The van der Waals surface area contributed by atoms with E-state index in [4.69, 9.17) is 27.9 Å². The van der Waals surface area contributed by atoms with Gasteiger partial charge in [-0.15, -0.1) is 0 Å². The molecule has 27 heavy (non-hydrogen) atoms. The van der Waals surface area contributed by atoms with E-state index in [1.165, 1.54) is 19.5 Å². The van der Waals surface area contributed by atoms with E-state index >= 15 is 0 Å². The van der Waals surface area contributed by atoms with Crippen LogP contribution in [0.3, 0.4) is 0 Å². The van der Waals surface area contributed by atoms with Crippen molar-refractivity contribution in [1.82, 2.24) is 19.9 Å². The van der Waals surface area contributed by atoms with E-state index in [-0.39, 0.29) is 18.3 Å². The molecule has 1 atom stereocenters. The first-order valence-corrected chi connectivity index (χ1v) is 8.82. The van der Waals surface area contributed by atoms with Gasteiger partial charge >= 0.3 is 0 Å². The van der Waals surface area contributed by atoms with Crippen LogP contribution >= 0.6 is 23.2 Å². The second-order valence-electron chi connectivity index (χ2n) is 6.12. The number of carbonyl (C=O) groups excluding carboxylic acids is 1. The number of aromatic amines is 1. The van der Waals surface area contributed by atoms with Gasteiger partial charge in [-0.3, -0.25) is 4.79 Å². The van der Waals surface area contributed by atoms with Gasteiger partial charge in [0.05, 0.1) is 41.1 Å². The first-order valence-electron chi connectivity index (χ1n) is 8.06. The third-order valence-electron chi connectivity index (χ3n) is 4.60. The molecule has 0 fully saturated rings. The number of nitrogens with one attached hydrogen (secondary N) is 1. The highest BCUT2D eigenvalue weighted by Gasteiger charge is 2.33. The first-order chi connectivity index (χ1) is 13.0. The summed E-state index contributed by atoms with van der Waals surface area (Å²) in [5, 5.41) is 11.3. The van der Waals surface area contributed by atoms with Crippen molar-refractivity contribution in [2.75, 3.05) is 13.7 Å². The van der Waals surface area contributed by atoms with Gasteiger partial charge in [-0.05, 0) is 6.07 Å². The molecule has 3 aromatic rings. The Hall–Kier alpha value is -2.82. The number of carbonyl (C=O) groups is 1. The summed E-state index contributed by atoms with van der Waals surface area (Å²) in [6, 6.07) is 5.79. The molecule has 0 saturated carbocycles. The van der Waals surface area contributed by atoms with Gasteiger partial charge in [-0.2, -0.15) is 5.26 Å². The Labute approximate surface area is 164 Å². The number of nitrogens with zero attached hydrogens (tertiary/aromatic N) is 4. The molecule has 0 radical (unpaired) electrons. The average Bonchev–Trinajstić information content (AvgIpc) is 3.09. The fourth-order valence-corrected chi connectivity index (χ4v) is 3.62. The summed E-state index contributed by atoms with van der Waals surface area (Å²) in [5.74, 6) is -0.349. The van der Waals surface area contributed by atoms with Gasteiger partial charge in [0.15, 0.2) is 5.75 Å². The van der Waals surface area contributed by atoms with E-state index in [1.54, 1.807) is 11.0 Å². The lowest BCUT2D eigenvalue weighted by molar-refractivity contribution is 0.0715. The van der Waals surface area contributed by atoms with E-state index < -0.39 is 5.92 Å². The van der Waals surface area contributed by atoms with Crippen LogP contribution in [-0.4, -0.2) is 39.4 Å². The number of halogens is 2. The van der Waals surface area contributed by atoms with Crippen LogP contribution in [0.25, 0.3) is 10.9 Å². The van der Waals surface area contributed by atoms with E-state index in [0.29, 0.717) is 27.9 Å². The largest absolute Gasteiger partial charge is 0.494 e. The summed E-state index contributed by atoms with van der Waals surface area (Å²) in [5.41, 5.74) is 2.28. The van der Waals surface area contributed by atoms with Crippen molar-refractivity contribution in [2.24, 2.45) is 0 Å². The van der Waals surface area contributed by atoms with E-state index in [9.17, 15) is 10.1 Å². The second kappa shape index (κ2) is 6.72. The number of methoxy groups -OCH3 is 1. The molecule has 1 aliphatic rings. The lowest BCUT2D eigenvalue weighted by Crippen LogP contribution is -2.38. The van der Waals surface area contributed by atoms with Crippen molar-refractivity contribution in [3.05, 3.63) is 51.7 Å². The molecule has 136 valence electrons. The number of hydrogen-bond donors (Lipinski definition) is 1. The number of amides is 1. The van der Waals surface area contributed by atoms with Gasteiger partial charge in [0, 0.05) is 29.7 Å². The molecule has 1 aliphatic heterocycles. The number of benzene rings is 1. The Morgan fingerprint density at radius 1 is 1.37 bits per heavy atom. The topological polar surface area (TPSA) is 94.9 Å². The highest BCUT2D eigenvalue weighted by Crippen LogP contribution is 2.38. The Kier molecular flexibility index (Phi) is 4.38. The minimum Gasteiger partial charge on any atom is -0.494 e. The number of ether oxygens (including phenoxy) is 1. The Morgan fingerprint density at radius 2 is 2.11 bits per heavy atom. The normalized spacial score (nSPS) is 16.1. The lowest BCUT2D eigenvalue weighted by Gasteiger charge is -2.29. The molecule has 1 amide bonds. The van der Waals surface area contributed by atoms with Gasteiger partial charge in [-0.25, -0.2) is 9.97 Å². The van der Waals surface area contributed by atoms with Crippen LogP contribution in [-0.2, 0) is 6.54 Å². The zero-order valence-corrected chi connectivity index (χ0v) is 15.7. The molecule has 0 spiro atoms. The van der Waals surface area contributed by atoms with E-state index in [1.807, 2.05) is 6.07 Å². The van der Waals surface area contributed by atoms with Crippen LogP contribution < -0.4 is 4.74 Å². The monoisotopic (exact) mass is 401 g/mol. The highest BCUT2D eigenvalue weighted by atomic mass is 35.5. The molecular formula is C18H13Cl2N5O2. The van der Waals surface area contributed by atoms with Crippen molar-refractivity contribution in [2.45, 2.75) is 12.5 Å². The molecule has 1 N–H and O–H groups in total. The molecule has 0 unspecified atom stereocenters. The Bertz CT molecular complexity index is 1090. The quantitative estimate of drug-likeness (QED) is 0.708. The zero-order valence-electron chi connectivity index (χ0n) is 14.2. The molecule has 4 rings (SSSR count). The van der Waals surface area contributed by atoms with Crippen LogP contribution in [0, 0.1) is 11.3 Å². The minimum absolute atomic E-state index is 0.0526. The summed E-state index contributed by atoms with van der Waals surface area (Å²) in [6.45, 7) is 0.551. The number of H-pyrrole nitrogens is 1. The molecule has 2 aromatic heterocycles. The molecule has 7 nitrogen and oxygen atoms in total. The second-order valence-corrected chi connectivity index (χ2v) is 6.90. The van der Waals surface area contributed by atoms with Crippen molar-refractivity contribution in [1.29, 1.82) is 5.26 Å². The van der Waals surface area contributed by atoms with E-state index in [2.05, 4.69) is 21.0 Å². The molecule has 0 bridgehead atoms. The van der Waals surface area contributed by atoms with Gasteiger partial charge in [0.1, 0.15) is 5.92 Å². The molecular weight excluding hydrogens is 389 g/mol. The van der Waals surface area contributed by atoms with Gasteiger partial charge in [-0.1, -0.05) is 29.3 Å². The van der Waals surface area contributed by atoms with Crippen molar-refractivity contribution in [3.8, 4) is 11.8 Å². The molecule has 0 aliphatic carbocycles. The van der Waals surface area contributed by atoms with Crippen molar-refractivity contribution >= 4 is 40.0 Å². The van der Waals surface area contributed by atoms with Gasteiger partial charge in [0.25, 0.3) is 5.91 Å². The third-order valence-corrected chi connectivity index (χ3v) is 5.41. The maximum absolute atomic E-state index is 12.8. The predicted octanol–water partition coefficient (Wildman–Crippen LogP) is 3.54. The number of nitriles is 1. The number of fused-ring (bicyclic) bond motifs is 3. The number of hydrogen-bond acceptors (Lipinski definition) is 5. The van der Waals surface area contributed by atoms with Gasteiger partial charge < -0.3 is 14.6 Å². The zero-order chi connectivity index (χ0) is 19.1. The summed E-state index contributed by atoms with van der Waals surface area (Å²) in [6.07, 6.45) is 2.87. The maximum Gasteiger partial charge on any atom is 0.292 e. The number of aromatic nitrogens is 3. The highest BCUT2D eigenvalue weighted by molar-refractivity contribution is 6.45. The lowest BCUT2D eigenvalue weighted by atomic mass is 9.96. The van der Waals surface area contributed by atoms with Crippen LogP contribution in [0.2, 0.25) is 10.0 Å². The fraction of sp³-hybridized carbons (Fsp3) is 0.222. The summed E-state index contributed by atoms with van der Waals surface area (Å²) < 4.78 is 5.01. The smallest absolute Gasteiger partial charge is 0.292 e. The average molecular weight is 402 g/mol. The minimum atomic E-state index is -0.516. The van der Waals surface area contributed by atoms with Crippen LogP contribution in [0.1, 0.15) is 27.8 Å². The number of rotatable bonds is 2. The van der Waals surface area contributed by atoms with Crippen LogP contribution in [0.4, 0.5) is 0 Å². The van der Waals surface area contributed by atoms with Gasteiger partial charge in [0.2, 0.25) is 5.82 Å². The predicted molar refractivity (Wildman–Crippen MR) is 100.0 cm³/mol. The standard InChI is InChI=1S/C18H13Cl2N5O2/c1-27-10-5-22-17(23-6-10)18(26)25-7-9(4-21)15-12(8-25)11-2-3-13(19)14(20)16(11)24-15/h2-3,5-6,9,24H,7-8H2,1H3/t9-/m0/s1. The van der Waals surface area contributed by atoms with Crippen LogP contribution in [0.5, 0.6) is 5.75 Å². The van der Waals surface area contributed by atoms with Crippen LogP contribution in [0.15, 0.2) is 24.5 Å². The maximum atomic E-state index is 12.8. The Morgan fingerprint density at radius 3 is 2.78 bits per heavy atom. The third kappa shape index (κ3) is 2.87. The Balaban J connectivity index is 1.74. The molecule has 0 saturated heterocycles. The van der Waals surface area contributed by atoms with Crippen molar-refractivity contribution in [3.63, 3.8) is 0 Å². The van der Waals surface area contributed by atoms with Crippen molar-refractivity contribution < 1.29 is 9.53 Å². The SMILES string of the molecule is COc1cnc(C(=O)N2Cc3c([nH]c4c(Cl)c(Cl)ccc34)[C@@H](C#N)C2)nc1. The summed E-state index contributed by atoms with van der Waals surface area (Å²) >= 11 is 12.4. The molecule has 9 heteroatoms. The van der Waals surface area contributed by atoms with E-state index in [0.717, 1.165) is 16.6 Å². The molecule has 3 heterocycles. The molecule has 1 aromatic carbocycles. The summed E-state index contributed by atoms with van der Waals surface area (Å²) in [7, 11) is 1.50.